The van der Waals surface area contributed by atoms with Crippen LogP contribution in [-0.4, -0.2) is 42.3 Å². The van der Waals surface area contributed by atoms with Crippen LogP contribution in [0.2, 0.25) is 0 Å². The normalized spacial score (nSPS) is 11.8. The minimum atomic E-state index is -3.59. The van der Waals surface area contributed by atoms with Gasteiger partial charge in [-0.3, -0.25) is 14.2 Å². The second-order valence-electron chi connectivity index (χ2n) is 7.63. The molecule has 0 aliphatic heterocycles. The number of amides is 1. The van der Waals surface area contributed by atoms with Crippen LogP contribution in [0.4, 0.5) is 5.69 Å². The number of carbonyl (C=O) groups excluding carboxylic acids is 1. The number of benzene rings is 2. The van der Waals surface area contributed by atoms with Gasteiger partial charge in [0.1, 0.15) is 0 Å². The van der Waals surface area contributed by atoms with Gasteiger partial charge in [0.05, 0.1) is 22.1 Å². The number of anilines is 1. The fraction of sp³-hybridized carbons (Fsp3) is 0.318. The lowest BCUT2D eigenvalue weighted by Crippen LogP contribution is -2.23. The Morgan fingerprint density at radius 3 is 2.58 bits per heavy atom. The van der Waals surface area contributed by atoms with Crippen molar-refractivity contribution in [3.8, 4) is 0 Å². The van der Waals surface area contributed by atoms with E-state index in [2.05, 4.69) is 10.3 Å². The van der Waals surface area contributed by atoms with E-state index in [0.29, 0.717) is 29.6 Å². The molecule has 1 amide bonds. The lowest BCUT2D eigenvalue weighted by molar-refractivity contribution is -0.116. The van der Waals surface area contributed by atoms with Crippen LogP contribution in [-0.2, 0) is 21.4 Å². The van der Waals surface area contributed by atoms with Gasteiger partial charge in [0.15, 0.2) is 0 Å². The highest BCUT2D eigenvalue weighted by atomic mass is 32.2. The second-order valence-corrected chi connectivity index (χ2v) is 9.78. The summed E-state index contributed by atoms with van der Waals surface area (Å²) in [5, 5.41) is 3.33. The van der Waals surface area contributed by atoms with Crippen molar-refractivity contribution in [1.29, 1.82) is 0 Å². The summed E-state index contributed by atoms with van der Waals surface area (Å²) in [6.45, 7) is 4.06. The fourth-order valence-electron chi connectivity index (χ4n) is 3.23. The molecule has 0 atom stereocenters. The summed E-state index contributed by atoms with van der Waals surface area (Å²) in [4.78, 5) is 29.5. The lowest BCUT2D eigenvalue weighted by Gasteiger charge is -2.14. The molecule has 0 unspecified atom stereocenters. The van der Waals surface area contributed by atoms with Crippen molar-refractivity contribution in [2.75, 3.05) is 19.4 Å². The highest BCUT2D eigenvalue weighted by Crippen LogP contribution is 2.22. The third kappa shape index (κ3) is 4.83. The van der Waals surface area contributed by atoms with Crippen LogP contribution >= 0.6 is 0 Å². The smallest absolute Gasteiger partial charge is 0.261 e. The summed E-state index contributed by atoms with van der Waals surface area (Å²) < 4.78 is 27.3. The molecule has 0 saturated carbocycles. The van der Waals surface area contributed by atoms with Gasteiger partial charge in [0.25, 0.3) is 5.56 Å². The van der Waals surface area contributed by atoms with Crippen LogP contribution in [0.1, 0.15) is 24.0 Å². The topological polar surface area (TPSA) is 101 Å². The SMILES string of the molecule is Cc1ccc(S(=O)(=O)N(C)C)cc1NC(=O)CCCn1cnc2c(C)cccc2c1=O. The van der Waals surface area contributed by atoms with E-state index in [-0.39, 0.29) is 22.8 Å². The highest BCUT2D eigenvalue weighted by Gasteiger charge is 2.18. The molecule has 0 aliphatic carbocycles. The zero-order valence-corrected chi connectivity index (χ0v) is 18.9. The molecule has 0 radical (unpaired) electrons. The molecule has 0 bridgehead atoms. The van der Waals surface area contributed by atoms with Gasteiger partial charge < -0.3 is 5.32 Å². The van der Waals surface area contributed by atoms with Crippen LogP contribution in [0.15, 0.2) is 52.4 Å². The molecule has 9 heteroatoms. The van der Waals surface area contributed by atoms with E-state index < -0.39 is 10.0 Å². The molecule has 0 spiro atoms. The van der Waals surface area contributed by atoms with Crippen molar-refractivity contribution < 1.29 is 13.2 Å². The molecule has 31 heavy (non-hydrogen) atoms. The zero-order valence-electron chi connectivity index (χ0n) is 18.0. The number of hydrogen-bond donors (Lipinski definition) is 1. The summed E-state index contributed by atoms with van der Waals surface area (Å²) >= 11 is 0. The van der Waals surface area contributed by atoms with E-state index in [0.717, 1.165) is 15.4 Å². The van der Waals surface area contributed by atoms with E-state index in [1.54, 1.807) is 19.1 Å². The Hall–Kier alpha value is -3.04. The number of carbonyl (C=O) groups is 1. The molecule has 0 fully saturated rings. The number of rotatable bonds is 7. The third-order valence-electron chi connectivity index (χ3n) is 5.12. The molecule has 3 aromatic rings. The van der Waals surface area contributed by atoms with Gasteiger partial charge in [0.2, 0.25) is 15.9 Å². The first-order valence-electron chi connectivity index (χ1n) is 9.89. The molecule has 8 nitrogen and oxygen atoms in total. The van der Waals surface area contributed by atoms with E-state index in [4.69, 9.17) is 0 Å². The van der Waals surface area contributed by atoms with Crippen LogP contribution in [0.5, 0.6) is 0 Å². The summed E-state index contributed by atoms with van der Waals surface area (Å²) in [7, 11) is -0.680. The van der Waals surface area contributed by atoms with Gasteiger partial charge >= 0.3 is 0 Å². The fourth-order valence-corrected chi connectivity index (χ4v) is 4.15. The number of sulfonamides is 1. The Bertz CT molecular complexity index is 1300. The second kappa shape index (κ2) is 8.99. The monoisotopic (exact) mass is 442 g/mol. The Morgan fingerprint density at radius 2 is 1.87 bits per heavy atom. The summed E-state index contributed by atoms with van der Waals surface area (Å²) in [5.41, 5.74) is 2.70. The van der Waals surface area contributed by atoms with Crippen molar-refractivity contribution in [2.45, 2.75) is 38.1 Å². The molecule has 1 aromatic heterocycles. The minimum Gasteiger partial charge on any atom is -0.326 e. The molecule has 1 heterocycles. The highest BCUT2D eigenvalue weighted by molar-refractivity contribution is 7.89. The van der Waals surface area contributed by atoms with Crippen molar-refractivity contribution in [3.63, 3.8) is 0 Å². The van der Waals surface area contributed by atoms with Gasteiger partial charge in [0, 0.05) is 32.7 Å². The zero-order chi connectivity index (χ0) is 22.8. The lowest BCUT2D eigenvalue weighted by atomic mass is 10.1. The largest absolute Gasteiger partial charge is 0.326 e. The molecule has 0 saturated heterocycles. The third-order valence-corrected chi connectivity index (χ3v) is 6.93. The average Bonchev–Trinajstić information content (AvgIpc) is 2.71. The maximum Gasteiger partial charge on any atom is 0.261 e. The Morgan fingerprint density at radius 1 is 1.13 bits per heavy atom. The minimum absolute atomic E-state index is 0.113. The van der Waals surface area contributed by atoms with Gasteiger partial charge in [-0.1, -0.05) is 18.2 Å². The maximum atomic E-state index is 12.6. The molecule has 0 aliphatic rings. The molecule has 1 N–H and O–H groups in total. The first-order valence-corrected chi connectivity index (χ1v) is 11.3. The van der Waals surface area contributed by atoms with Crippen LogP contribution in [0.25, 0.3) is 10.9 Å². The molecular formula is C22H26N4O4S. The quantitative estimate of drug-likeness (QED) is 0.606. The number of nitrogens with one attached hydrogen (secondary N) is 1. The predicted octanol–water partition coefficient (Wildman–Crippen LogP) is 2.68. The van der Waals surface area contributed by atoms with E-state index in [1.165, 1.54) is 37.1 Å². The molecule has 3 rings (SSSR count). The number of aromatic nitrogens is 2. The van der Waals surface area contributed by atoms with E-state index >= 15 is 0 Å². The maximum absolute atomic E-state index is 12.6. The number of para-hydroxylation sites is 1. The standard InChI is InChI=1S/C22H26N4O4S/c1-15-10-11-17(31(29,30)25(3)4)13-19(15)24-20(27)9-6-12-26-14-23-21-16(2)7-5-8-18(21)22(26)28/h5,7-8,10-11,13-14H,6,9,12H2,1-4H3,(H,24,27). The van der Waals surface area contributed by atoms with Crippen molar-refractivity contribution in [2.24, 2.45) is 0 Å². The van der Waals surface area contributed by atoms with Crippen molar-refractivity contribution in [1.82, 2.24) is 13.9 Å². The first-order chi connectivity index (χ1) is 14.6. The van der Waals surface area contributed by atoms with Crippen molar-refractivity contribution >= 4 is 32.5 Å². The first kappa shape index (κ1) is 22.6. The Labute approximate surface area is 181 Å². The average molecular weight is 443 g/mol. The van der Waals surface area contributed by atoms with Crippen LogP contribution < -0.4 is 10.9 Å². The number of fused-ring (bicyclic) bond motifs is 1. The number of nitrogens with zero attached hydrogens (tertiary/aromatic N) is 3. The predicted molar refractivity (Wildman–Crippen MR) is 121 cm³/mol. The van der Waals surface area contributed by atoms with Gasteiger partial charge in [-0.25, -0.2) is 17.7 Å². The van der Waals surface area contributed by atoms with Crippen LogP contribution in [0, 0.1) is 13.8 Å². The Kier molecular flexibility index (Phi) is 6.56. The van der Waals surface area contributed by atoms with Gasteiger partial charge in [-0.2, -0.15) is 0 Å². The Balaban J connectivity index is 1.67. The van der Waals surface area contributed by atoms with Crippen LogP contribution in [0.3, 0.4) is 0 Å². The van der Waals surface area contributed by atoms with Gasteiger partial charge in [-0.05, 0) is 49.6 Å². The van der Waals surface area contributed by atoms with E-state index in [9.17, 15) is 18.0 Å². The van der Waals surface area contributed by atoms with E-state index in [1.807, 2.05) is 19.1 Å². The summed E-state index contributed by atoms with van der Waals surface area (Å²) in [6, 6.07) is 10.1. The van der Waals surface area contributed by atoms with Gasteiger partial charge in [-0.15, -0.1) is 0 Å². The van der Waals surface area contributed by atoms with Crippen molar-refractivity contribution in [3.05, 3.63) is 64.2 Å². The number of aryl methyl sites for hydroxylation is 3. The summed E-state index contributed by atoms with van der Waals surface area (Å²) in [5.74, 6) is -0.250. The molecule has 164 valence electrons. The molecular weight excluding hydrogens is 416 g/mol. The summed E-state index contributed by atoms with van der Waals surface area (Å²) in [6.07, 6.45) is 2.14. The molecule has 2 aromatic carbocycles. The number of hydrogen-bond acceptors (Lipinski definition) is 5.